The van der Waals surface area contributed by atoms with Gasteiger partial charge in [0.05, 0.1) is 6.04 Å². The summed E-state index contributed by atoms with van der Waals surface area (Å²) in [7, 11) is 0. The minimum absolute atomic E-state index is 0.132. The zero-order valence-electron chi connectivity index (χ0n) is 24.3. The molecule has 1 saturated heterocycles. The summed E-state index contributed by atoms with van der Waals surface area (Å²) in [5.74, 6) is -2.93. The third kappa shape index (κ3) is 6.41. The predicted molar refractivity (Wildman–Crippen MR) is 163 cm³/mol. The molecule has 11 nitrogen and oxygen atoms in total. The van der Waals surface area contributed by atoms with Gasteiger partial charge in [0.1, 0.15) is 18.1 Å². The van der Waals surface area contributed by atoms with Gasteiger partial charge in [-0.15, -0.1) is 0 Å². The number of likely N-dealkylation sites (tertiary alicyclic amines) is 1. The van der Waals surface area contributed by atoms with Crippen LogP contribution in [0.25, 0.3) is 21.8 Å². The second-order valence-electron chi connectivity index (χ2n) is 11.6. The van der Waals surface area contributed by atoms with E-state index in [-0.39, 0.29) is 18.2 Å². The van der Waals surface area contributed by atoms with Crippen molar-refractivity contribution in [2.24, 2.45) is 11.7 Å². The number of aliphatic carboxylic acids is 1. The number of nitrogens with two attached hydrogens (primary N) is 1. The lowest BCUT2D eigenvalue weighted by Gasteiger charge is -2.29. The standard InChI is InChI=1S/C32H38N6O5/c1-18(2)28(32(42)43)37-29(39)26(15-20-17-35-25-11-6-4-9-22(20)25)36-30(40)27-12-7-13-38(27)31(41)23(33)14-19-16-34-24-10-5-3-8-21(19)24/h3-6,8-11,16-18,23,26-28,34-35H,7,12-15,33H2,1-2H3,(H,36,40)(H,37,39)(H,42,43). The Morgan fingerprint density at radius 1 is 0.930 bits per heavy atom. The molecule has 4 aromatic rings. The molecule has 0 bridgehead atoms. The SMILES string of the molecule is CC(C)C(NC(=O)C(Cc1c[nH]c2ccccc12)NC(=O)C1CCCN1C(=O)C(N)Cc1c[nH]c2ccccc12)C(=O)O. The highest BCUT2D eigenvalue weighted by Crippen LogP contribution is 2.23. The van der Waals surface area contributed by atoms with Gasteiger partial charge in [-0.2, -0.15) is 0 Å². The number of benzene rings is 2. The number of carboxylic acid groups (broad SMARTS) is 1. The first-order chi connectivity index (χ1) is 20.6. The first-order valence-corrected chi connectivity index (χ1v) is 14.6. The molecule has 2 aromatic carbocycles. The van der Waals surface area contributed by atoms with E-state index in [0.717, 1.165) is 32.9 Å². The summed E-state index contributed by atoms with van der Waals surface area (Å²) in [6.45, 7) is 3.79. The quantitative estimate of drug-likeness (QED) is 0.157. The molecule has 0 aliphatic carbocycles. The van der Waals surface area contributed by atoms with Crippen LogP contribution in [0.3, 0.4) is 0 Å². The maximum Gasteiger partial charge on any atom is 0.326 e. The second-order valence-corrected chi connectivity index (χ2v) is 11.6. The Morgan fingerprint density at radius 2 is 1.51 bits per heavy atom. The monoisotopic (exact) mass is 586 g/mol. The minimum atomic E-state index is -1.16. The number of nitrogens with zero attached hydrogens (tertiary/aromatic N) is 1. The molecule has 11 heteroatoms. The Balaban J connectivity index is 1.33. The van der Waals surface area contributed by atoms with Gasteiger partial charge in [0.15, 0.2) is 0 Å². The number of aromatic nitrogens is 2. The largest absolute Gasteiger partial charge is 0.480 e. The van der Waals surface area contributed by atoms with E-state index in [2.05, 4.69) is 20.6 Å². The number of fused-ring (bicyclic) bond motifs is 2. The van der Waals surface area contributed by atoms with Crippen LogP contribution in [0, 0.1) is 5.92 Å². The van der Waals surface area contributed by atoms with Crippen molar-refractivity contribution in [1.29, 1.82) is 0 Å². The molecule has 0 spiro atoms. The maximum absolute atomic E-state index is 13.7. The third-order valence-electron chi connectivity index (χ3n) is 8.23. The predicted octanol–water partition coefficient (Wildman–Crippen LogP) is 2.46. The van der Waals surface area contributed by atoms with Gasteiger partial charge in [-0.05, 0) is 48.4 Å². The molecule has 7 N–H and O–H groups in total. The second kappa shape index (κ2) is 12.7. The van der Waals surface area contributed by atoms with Gasteiger partial charge in [-0.1, -0.05) is 50.2 Å². The number of amides is 3. The summed E-state index contributed by atoms with van der Waals surface area (Å²) in [4.78, 5) is 60.4. The number of aromatic amines is 2. The third-order valence-corrected chi connectivity index (χ3v) is 8.23. The minimum Gasteiger partial charge on any atom is -0.480 e. The Kier molecular flexibility index (Phi) is 8.81. The van der Waals surface area contributed by atoms with Crippen molar-refractivity contribution < 1.29 is 24.3 Å². The molecular weight excluding hydrogens is 548 g/mol. The van der Waals surface area contributed by atoms with E-state index in [1.165, 1.54) is 4.90 Å². The Labute approximate surface area is 249 Å². The smallest absolute Gasteiger partial charge is 0.326 e. The molecule has 1 aliphatic rings. The first kappa shape index (κ1) is 29.8. The molecular formula is C32H38N6O5. The number of carbonyl (C=O) groups is 4. The molecule has 4 atom stereocenters. The number of carboxylic acids is 1. The zero-order chi connectivity index (χ0) is 30.7. The van der Waals surface area contributed by atoms with Crippen molar-refractivity contribution >= 4 is 45.5 Å². The van der Waals surface area contributed by atoms with Gasteiger partial charge in [-0.3, -0.25) is 14.4 Å². The van der Waals surface area contributed by atoms with Gasteiger partial charge in [0, 0.05) is 47.2 Å². The number of rotatable bonds is 11. The number of hydrogen-bond donors (Lipinski definition) is 6. The fourth-order valence-corrected chi connectivity index (χ4v) is 5.91. The zero-order valence-corrected chi connectivity index (χ0v) is 24.3. The van der Waals surface area contributed by atoms with Crippen molar-refractivity contribution in [3.8, 4) is 0 Å². The highest BCUT2D eigenvalue weighted by Gasteiger charge is 2.38. The topological polar surface area (TPSA) is 173 Å². The molecule has 0 saturated carbocycles. The summed E-state index contributed by atoms with van der Waals surface area (Å²) in [5.41, 5.74) is 9.94. The molecule has 1 fully saturated rings. The Morgan fingerprint density at radius 3 is 2.09 bits per heavy atom. The molecule has 43 heavy (non-hydrogen) atoms. The Hall–Kier alpha value is -4.64. The number of hydrogen-bond acceptors (Lipinski definition) is 5. The van der Waals surface area contributed by atoms with Gasteiger partial charge in [0.2, 0.25) is 17.7 Å². The number of H-pyrrole nitrogens is 2. The summed E-state index contributed by atoms with van der Waals surface area (Å²) in [5, 5.41) is 17.0. The number of para-hydroxylation sites is 2. The van der Waals surface area contributed by atoms with Crippen LogP contribution < -0.4 is 16.4 Å². The van der Waals surface area contributed by atoms with Crippen LogP contribution in [-0.2, 0) is 32.0 Å². The average Bonchev–Trinajstić information content (AvgIpc) is 3.74. The van der Waals surface area contributed by atoms with Gasteiger partial charge in [0.25, 0.3) is 0 Å². The van der Waals surface area contributed by atoms with E-state index < -0.39 is 42.0 Å². The maximum atomic E-state index is 13.7. The van der Waals surface area contributed by atoms with Crippen LogP contribution in [0.15, 0.2) is 60.9 Å². The molecule has 4 unspecified atom stereocenters. The van der Waals surface area contributed by atoms with E-state index in [0.29, 0.717) is 25.8 Å². The fourth-order valence-electron chi connectivity index (χ4n) is 5.91. The van der Waals surface area contributed by atoms with Crippen molar-refractivity contribution in [3.05, 3.63) is 72.1 Å². The van der Waals surface area contributed by atoms with Gasteiger partial charge < -0.3 is 36.3 Å². The van der Waals surface area contributed by atoms with Crippen molar-refractivity contribution in [3.63, 3.8) is 0 Å². The molecule has 3 amide bonds. The summed E-state index contributed by atoms with van der Waals surface area (Å²) < 4.78 is 0. The molecule has 3 heterocycles. The lowest BCUT2D eigenvalue weighted by Crippen LogP contribution is -2.57. The summed E-state index contributed by atoms with van der Waals surface area (Å²) in [6.07, 6.45) is 5.13. The van der Waals surface area contributed by atoms with Gasteiger partial charge in [-0.25, -0.2) is 4.79 Å². The van der Waals surface area contributed by atoms with E-state index >= 15 is 0 Å². The van der Waals surface area contributed by atoms with E-state index in [1.807, 2.05) is 54.7 Å². The van der Waals surface area contributed by atoms with Gasteiger partial charge >= 0.3 is 5.97 Å². The number of carbonyl (C=O) groups excluding carboxylic acids is 3. The molecule has 0 radical (unpaired) electrons. The lowest BCUT2D eigenvalue weighted by atomic mass is 10.0. The van der Waals surface area contributed by atoms with Crippen LogP contribution in [-0.4, -0.2) is 74.4 Å². The molecule has 226 valence electrons. The molecule has 5 rings (SSSR count). The Bertz CT molecular complexity index is 1640. The highest BCUT2D eigenvalue weighted by molar-refractivity contribution is 5.95. The van der Waals surface area contributed by atoms with Crippen LogP contribution in [0.2, 0.25) is 0 Å². The van der Waals surface area contributed by atoms with E-state index in [4.69, 9.17) is 5.73 Å². The van der Waals surface area contributed by atoms with E-state index in [1.54, 1.807) is 20.0 Å². The summed E-state index contributed by atoms with van der Waals surface area (Å²) >= 11 is 0. The van der Waals surface area contributed by atoms with Crippen LogP contribution in [0.1, 0.15) is 37.8 Å². The lowest BCUT2D eigenvalue weighted by molar-refractivity contribution is -0.144. The normalized spacial score (nSPS) is 17.2. The van der Waals surface area contributed by atoms with Crippen molar-refractivity contribution in [2.45, 2.75) is 63.7 Å². The number of nitrogens with one attached hydrogen (secondary N) is 4. The fraction of sp³-hybridized carbons (Fsp3) is 0.375. The first-order valence-electron chi connectivity index (χ1n) is 14.6. The van der Waals surface area contributed by atoms with Crippen LogP contribution >= 0.6 is 0 Å². The van der Waals surface area contributed by atoms with E-state index in [9.17, 15) is 24.3 Å². The molecule has 1 aliphatic heterocycles. The summed E-state index contributed by atoms with van der Waals surface area (Å²) in [6, 6.07) is 11.6. The molecule has 2 aromatic heterocycles. The highest BCUT2D eigenvalue weighted by atomic mass is 16.4. The van der Waals surface area contributed by atoms with Crippen LogP contribution in [0.5, 0.6) is 0 Å². The van der Waals surface area contributed by atoms with Crippen molar-refractivity contribution in [1.82, 2.24) is 25.5 Å². The van der Waals surface area contributed by atoms with Crippen molar-refractivity contribution in [2.75, 3.05) is 6.54 Å². The average molecular weight is 587 g/mol. The van der Waals surface area contributed by atoms with Crippen LogP contribution in [0.4, 0.5) is 0 Å².